The van der Waals surface area contributed by atoms with Crippen LogP contribution in [0.25, 0.3) is 0 Å². The molecule has 0 aromatic carbocycles. The minimum atomic E-state index is 0.0749. The van der Waals surface area contributed by atoms with Crippen molar-refractivity contribution in [3.8, 4) is 0 Å². The second-order valence-electron chi connectivity index (χ2n) is 2.21. The van der Waals surface area contributed by atoms with Crippen LogP contribution < -0.4 is 11.1 Å². The molecule has 0 rings (SSSR count). The average Bonchev–Trinajstić information content (AvgIpc) is 1.88. The number of rotatable bonds is 4. The fourth-order valence-electron chi connectivity index (χ4n) is 0.529. The van der Waals surface area contributed by atoms with Crippen LogP contribution in [0.4, 0.5) is 0 Å². The van der Waals surface area contributed by atoms with Gasteiger partial charge < -0.3 is 0 Å². The van der Waals surface area contributed by atoms with Crippen molar-refractivity contribution >= 4 is 31.7 Å². The van der Waals surface area contributed by atoms with Crippen molar-refractivity contribution in [3.63, 3.8) is 0 Å². The van der Waals surface area contributed by atoms with E-state index in [1.54, 1.807) is 0 Å². The fraction of sp³-hybridized carbons (Fsp3) is 0.833. The molecule has 1 atom stereocenters. The molecule has 3 N–H and O–H groups in total. The van der Waals surface area contributed by atoms with Crippen LogP contribution in [-0.4, -0.2) is 44.3 Å². The van der Waals surface area contributed by atoms with Crippen molar-refractivity contribution in [2.24, 2.45) is 5.73 Å². The number of carbonyl (C=O) groups excluding carboxylic acids is 1. The van der Waals surface area contributed by atoms with Crippen molar-refractivity contribution in [2.45, 2.75) is 23.4 Å². The van der Waals surface area contributed by atoms with E-state index >= 15 is 0 Å². The first-order valence-corrected chi connectivity index (χ1v) is 6.09. The first-order chi connectivity index (χ1) is 4.70. The zero-order chi connectivity index (χ0) is 7.98. The first-order valence-electron chi connectivity index (χ1n) is 3.34. The monoisotopic (exact) mass is 337 g/mol. The van der Waals surface area contributed by atoms with E-state index in [1.165, 1.54) is 0 Å². The Balaban J connectivity index is 3.37. The molecule has 0 spiro atoms. The molecule has 0 saturated heterocycles. The molecule has 3 radical (unpaired) electrons. The Kier molecular flexibility index (Phi) is 6.30. The number of nitrogens with one attached hydrogen (secondary N) is 1. The molecule has 0 aliphatic carbocycles. The maximum absolute atomic E-state index is 10.8. The zero-order valence-corrected chi connectivity index (χ0v) is 10.1. The molecular formula is C6H13N2OPb. The van der Waals surface area contributed by atoms with E-state index in [0.717, 1.165) is 29.7 Å². The van der Waals surface area contributed by atoms with Crippen LogP contribution in [0.15, 0.2) is 0 Å². The number of carbonyl (C=O) groups is 1. The molecule has 0 heterocycles. The summed E-state index contributed by atoms with van der Waals surface area (Å²) >= 11 is 1.14. The van der Waals surface area contributed by atoms with Gasteiger partial charge in [0, 0.05) is 0 Å². The molecule has 1 unspecified atom stereocenters. The van der Waals surface area contributed by atoms with Crippen molar-refractivity contribution in [3.05, 3.63) is 0 Å². The third kappa shape index (κ3) is 5.16. The molecule has 3 nitrogen and oxygen atoms in total. The summed E-state index contributed by atoms with van der Waals surface area (Å²) in [6.07, 6.45) is 0.450. The van der Waals surface area contributed by atoms with Crippen LogP contribution in [0.2, 0.25) is 3.98 Å². The van der Waals surface area contributed by atoms with Crippen LogP contribution in [0, 0.1) is 0 Å². The Labute approximate surface area is 77.4 Å². The second-order valence-corrected chi connectivity index (χ2v) is 3.80. The van der Waals surface area contributed by atoms with Gasteiger partial charge in [-0.3, -0.25) is 0 Å². The summed E-state index contributed by atoms with van der Waals surface area (Å²) in [5, 5.41) is 2.85. The predicted molar refractivity (Wildman–Crippen MR) is 41.8 cm³/mol. The van der Waals surface area contributed by atoms with Crippen LogP contribution in [0.1, 0.15) is 13.3 Å². The van der Waals surface area contributed by atoms with E-state index in [2.05, 4.69) is 5.32 Å². The molecule has 0 bridgehead atoms. The molecule has 10 heavy (non-hydrogen) atoms. The number of hydrogen-bond acceptors (Lipinski definition) is 2. The Hall–Kier alpha value is 0.352. The van der Waals surface area contributed by atoms with Crippen molar-refractivity contribution in [1.82, 2.24) is 5.32 Å². The van der Waals surface area contributed by atoms with E-state index < -0.39 is 0 Å². The molecule has 4 heteroatoms. The van der Waals surface area contributed by atoms with Crippen molar-refractivity contribution in [2.75, 3.05) is 6.54 Å². The van der Waals surface area contributed by atoms with Gasteiger partial charge >= 0.3 is 77.4 Å². The average molecular weight is 336 g/mol. The summed E-state index contributed by atoms with van der Waals surface area (Å²) in [6, 6.07) is 0.339. The van der Waals surface area contributed by atoms with Gasteiger partial charge in [-0.05, 0) is 0 Å². The van der Waals surface area contributed by atoms with Crippen LogP contribution in [0.5, 0.6) is 0 Å². The van der Waals surface area contributed by atoms with Gasteiger partial charge in [0.05, 0.1) is 0 Å². The summed E-state index contributed by atoms with van der Waals surface area (Å²) < 4.78 is 1.11. The van der Waals surface area contributed by atoms with Gasteiger partial charge in [0.25, 0.3) is 0 Å². The van der Waals surface area contributed by atoms with E-state index in [9.17, 15) is 4.79 Å². The topological polar surface area (TPSA) is 55.1 Å². The number of amides is 1. The van der Waals surface area contributed by atoms with Crippen LogP contribution >= 0.6 is 0 Å². The third-order valence-corrected chi connectivity index (χ3v) is 3.47. The Bertz CT molecular complexity index is 108. The van der Waals surface area contributed by atoms with Gasteiger partial charge in [-0.15, -0.1) is 0 Å². The van der Waals surface area contributed by atoms with Gasteiger partial charge in [0.15, 0.2) is 0 Å². The quantitative estimate of drug-likeness (QED) is 0.676. The first kappa shape index (κ1) is 10.4. The molecular weight excluding hydrogens is 323 g/mol. The minimum absolute atomic E-state index is 0.0749. The van der Waals surface area contributed by atoms with Crippen molar-refractivity contribution < 1.29 is 4.79 Å². The summed E-state index contributed by atoms with van der Waals surface area (Å²) in [5.41, 5.74) is 5.19. The fourth-order valence-corrected chi connectivity index (χ4v) is 0.926. The second kappa shape index (κ2) is 6.09. The van der Waals surface area contributed by atoms with Crippen molar-refractivity contribution in [1.29, 1.82) is 0 Å². The number of nitrogens with two attached hydrogens (primary N) is 1. The third-order valence-electron chi connectivity index (χ3n) is 1.08. The summed E-state index contributed by atoms with van der Waals surface area (Å²) in [4.78, 5) is 10.8. The Morgan fingerprint density at radius 1 is 1.80 bits per heavy atom. The molecule has 0 fully saturated rings. The summed E-state index contributed by atoms with van der Waals surface area (Å²) in [7, 11) is 0. The zero-order valence-electron chi connectivity index (χ0n) is 6.18. The Morgan fingerprint density at radius 3 is 2.80 bits per heavy atom. The van der Waals surface area contributed by atoms with E-state index in [1.807, 2.05) is 6.92 Å². The molecule has 0 saturated carbocycles. The normalized spacial score (nSPS) is 12.7. The molecule has 0 aromatic heterocycles. The molecule has 57 valence electrons. The van der Waals surface area contributed by atoms with Gasteiger partial charge in [-0.25, -0.2) is 0 Å². The summed E-state index contributed by atoms with van der Waals surface area (Å²) in [5.74, 6) is 0.0749. The van der Waals surface area contributed by atoms with Gasteiger partial charge in [0.2, 0.25) is 0 Å². The van der Waals surface area contributed by atoms with Gasteiger partial charge in [-0.1, -0.05) is 0 Å². The van der Waals surface area contributed by atoms with Gasteiger partial charge in [0.1, 0.15) is 0 Å². The van der Waals surface area contributed by atoms with Gasteiger partial charge in [-0.2, -0.15) is 0 Å². The van der Waals surface area contributed by atoms with E-state index in [0.29, 0.717) is 19.0 Å². The number of hydrogen-bond donors (Lipinski definition) is 2. The predicted octanol–water partition coefficient (Wildman–Crippen LogP) is -0.573. The van der Waals surface area contributed by atoms with E-state index in [-0.39, 0.29) is 5.91 Å². The standard InChI is InChI=1S/C6H13N2O.Pb/c1-5(2)8-6(9)3-4-7;/h5H,1,3-4,7H2,2H3,(H,8,9);. The molecule has 0 aromatic rings. The molecule has 0 aliphatic rings. The molecule has 1 amide bonds. The Morgan fingerprint density at radius 2 is 2.40 bits per heavy atom. The molecule has 0 aliphatic heterocycles. The van der Waals surface area contributed by atoms with Crippen LogP contribution in [0.3, 0.4) is 0 Å². The maximum atomic E-state index is 10.8. The van der Waals surface area contributed by atoms with Crippen LogP contribution in [-0.2, 0) is 4.79 Å². The SMILES string of the molecule is CC([CH2][Pb])NC(=O)CCN. The summed E-state index contributed by atoms with van der Waals surface area (Å²) in [6.45, 7) is 2.46. The van der Waals surface area contributed by atoms with E-state index in [4.69, 9.17) is 5.73 Å².